The van der Waals surface area contributed by atoms with E-state index in [2.05, 4.69) is 21.2 Å². The van der Waals surface area contributed by atoms with Gasteiger partial charge in [0.1, 0.15) is 0 Å². The summed E-state index contributed by atoms with van der Waals surface area (Å²) in [4.78, 5) is 10.5. The van der Waals surface area contributed by atoms with Gasteiger partial charge in [0.15, 0.2) is 0 Å². The van der Waals surface area contributed by atoms with Gasteiger partial charge in [-0.3, -0.25) is 9.35 Å². The average Bonchev–Trinajstić information content (AvgIpc) is 2.12. The van der Waals surface area contributed by atoms with Gasteiger partial charge in [0.2, 0.25) is 5.91 Å². The first-order valence-electron chi connectivity index (χ1n) is 4.31. The molecule has 1 aromatic carbocycles. The highest BCUT2D eigenvalue weighted by Gasteiger charge is 2.15. The molecule has 88 valence electrons. The van der Waals surface area contributed by atoms with Gasteiger partial charge in [-0.15, -0.1) is 0 Å². The highest BCUT2D eigenvalue weighted by molar-refractivity contribution is 9.10. The molecular formula is C9H10BrNO4S. The molecule has 0 heterocycles. The van der Waals surface area contributed by atoms with Crippen LogP contribution in [-0.4, -0.2) is 18.9 Å². The zero-order chi connectivity index (χ0) is 12.3. The highest BCUT2D eigenvalue weighted by atomic mass is 79.9. The van der Waals surface area contributed by atoms with Crippen LogP contribution in [-0.2, 0) is 21.5 Å². The third-order valence-corrected chi connectivity index (χ3v) is 3.28. The van der Waals surface area contributed by atoms with E-state index in [0.717, 1.165) is 0 Å². The number of carbonyl (C=O) groups excluding carboxylic acids is 1. The van der Waals surface area contributed by atoms with E-state index in [1.54, 1.807) is 0 Å². The normalized spacial score (nSPS) is 11.2. The van der Waals surface area contributed by atoms with Crippen molar-refractivity contribution in [3.8, 4) is 0 Å². The van der Waals surface area contributed by atoms with E-state index in [-0.39, 0.29) is 17.3 Å². The van der Waals surface area contributed by atoms with Gasteiger partial charge in [-0.25, -0.2) is 0 Å². The molecule has 16 heavy (non-hydrogen) atoms. The van der Waals surface area contributed by atoms with E-state index in [1.165, 1.54) is 25.1 Å². The minimum Gasteiger partial charge on any atom is -0.352 e. The number of hydrogen-bond acceptors (Lipinski definition) is 3. The Balaban J connectivity index is 3.14. The summed E-state index contributed by atoms with van der Waals surface area (Å²) in [5.74, 6) is -0.277. The smallest absolute Gasteiger partial charge is 0.294 e. The standard InChI is InChI=1S/C9H10BrNO4S/c1-6(12)11-5-7-4-8(10)2-3-9(7)16(13,14)15/h2-4H,5H2,1H3,(H,11,12)(H,13,14,15). The maximum Gasteiger partial charge on any atom is 0.294 e. The van der Waals surface area contributed by atoms with Crippen LogP contribution in [0.3, 0.4) is 0 Å². The van der Waals surface area contributed by atoms with Gasteiger partial charge in [0, 0.05) is 17.9 Å². The Morgan fingerprint density at radius 2 is 2.12 bits per heavy atom. The third-order valence-electron chi connectivity index (χ3n) is 1.83. The highest BCUT2D eigenvalue weighted by Crippen LogP contribution is 2.20. The molecule has 0 aliphatic heterocycles. The summed E-state index contributed by atoms with van der Waals surface area (Å²) >= 11 is 3.18. The predicted octanol–water partition coefficient (Wildman–Crippen LogP) is 1.33. The van der Waals surface area contributed by atoms with Crippen molar-refractivity contribution >= 4 is 32.0 Å². The monoisotopic (exact) mass is 307 g/mol. The summed E-state index contributed by atoms with van der Waals surface area (Å²) in [6, 6.07) is 4.30. The summed E-state index contributed by atoms with van der Waals surface area (Å²) < 4.78 is 31.7. The van der Waals surface area contributed by atoms with Crippen molar-refractivity contribution < 1.29 is 17.8 Å². The third kappa shape index (κ3) is 3.58. The lowest BCUT2D eigenvalue weighted by molar-refractivity contribution is -0.119. The zero-order valence-electron chi connectivity index (χ0n) is 8.40. The first-order valence-corrected chi connectivity index (χ1v) is 6.54. The molecule has 0 aliphatic rings. The molecule has 0 fully saturated rings. The van der Waals surface area contributed by atoms with E-state index < -0.39 is 10.1 Å². The topological polar surface area (TPSA) is 83.5 Å². The molecule has 0 bridgehead atoms. The van der Waals surface area contributed by atoms with Crippen molar-refractivity contribution in [1.29, 1.82) is 0 Å². The molecule has 0 saturated carbocycles. The molecule has 1 rings (SSSR count). The van der Waals surface area contributed by atoms with E-state index in [1.807, 2.05) is 0 Å². The quantitative estimate of drug-likeness (QED) is 0.825. The minimum absolute atomic E-state index is 0.0455. The summed E-state index contributed by atoms with van der Waals surface area (Å²) in [6.45, 7) is 1.37. The fourth-order valence-corrected chi connectivity index (χ4v) is 2.27. The number of amides is 1. The maximum atomic E-state index is 11.0. The Labute approximate surface area is 102 Å². The van der Waals surface area contributed by atoms with Gasteiger partial charge < -0.3 is 5.32 Å². The van der Waals surface area contributed by atoms with Gasteiger partial charge in [-0.1, -0.05) is 15.9 Å². The van der Waals surface area contributed by atoms with Gasteiger partial charge in [0.05, 0.1) is 4.90 Å². The second-order valence-electron chi connectivity index (χ2n) is 3.14. The number of halogens is 1. The number of nitrogens with one attached hydrogen (secondary N) is 1. The lowest BCUT2D eigenvalue weighted by Gasteiger charge is -2.08. The van der Waals surface area contributed by atoms with Crippen LogP contribution in [0.1, 0.15) is 12.5 Å². The number of benzene rings is 1. The first kappa shape index (κ1) is 13.1. The average molecular weight is 308 g/mol. The van der Waals surface area contributed by atoms with E-state index in [4.69, 9.17) is 4.55 Å². The molecular weight excluding hydrogens is 298 g/mol. The van der Waals surface area contributed by atoms with Crippen molar-refractivity contribution in [3.05, 3.63) is 28.2 Å². The van der Waals surface area contributed by atoms with Crippen molar-refractivity contribution in [2.45, 2.75) is 18.4 Å². The Hall–Kier alpha value is -0.920. The molecule has 0 aliphatic carbocycles. The van der Waals surface area contributed by atoms with Crippen molar-refractivity contribution in [3.63, 3.8) is 0 Å². The largest absolute Gasteiger partial charge is 0.352 e. The minimum atomic E-state index is -4.27. The maximum absolute atomic E-state index is 11.0. The fraction of sp³-hybridized carbons (Fsp3) is 0.222. The Kier molecular flexibility index (Phi) is 4.06. The summed E-state index contributed by atoms with van der Waals surface area (Å²) in [7, 11) is -4.27. The lowest BCUT2D eigenvalue weighted by Crippen LogP contribution is -2.20. The van der Waals surface area contributed by atoms with E-state index in [9.17, 15) is 13.2 Å². The van der Waals surface area contributed by atoms with Crippen molar-refractivity contribution in [1.82, 2.24) is 5.32 Å². The number of hydrogen-bond donors (Lipinski definition) is 2. The van der Waals surface area contributed by atoms with Gasteiger partial charge in [-0.05, 0) is 23.8 Å². The van der Waals surface area contributed by atoms with E-state index in [0.29, 0.717) is 10.0 Å². The molecule has 0 aromatic heterocycles. The van der Waals surface area contributed by atoms with Gasteiger partial charge >= 0.3 is 0 Å². The van der Waals surface area contributed by atoms with Crippen LogP contribution < -0.4 is 5.32 Å². The SMILES string of the molecule is CC(=O)NCc1cc(Br)ccc1S(=O)(=O)O. The van der Waals surface area contributed by atoms with Gasteiger partial charge in [-0.2, -0.15) is 8.42 Å². The van der Waals surface area contributed by atoms with Crippen LogP contribution >= 0.6 is 15.9 Å². The molecule has 7 heteroatoms. The fourth-order valence-electron chi connectivity index (χ4n) is 1.16. The summed E-state index contributed by atoms with van der Waals surface area (Å²) in [6.07, 6.45) is 0. The zero-order valence-corrected chi connectivity index (χ0v) is 10.8. The molecule has 0 atom stereocenters. The second kappa shape index (κ2) is 4.94. The Bertz CT molecular complexity index is 512. The van der Waals surface area contributed by atoms with Crippen LogP contribution in [0.25, 0.3) is 0 Å². The number of carbonyl (C=O) groups is 1. The Morgan fingerprint density at radius 3 is 2.62 bits per heavy atom. The number of rotatable bonds is 3. The van der Waals surface area contributed by atoms with Gasteiger partial charge in [0.25, 0.3) is 10.1 Å². The van der Waals surface area contributed by atoms with Crippen LogP contribution in [0.5, 0.6) is 0 Å². The molecule has 1 aromatic rings. The van der Waals surface area contributed by atoms with Crippen LogP contribution in [0, 0.1) is 0 Å². The summed E-state index contributed by atoms with van der Waals surface area (Å²) in [5, 5.41) is 2.47. The van der Waals surface area contributed by atoms with Crippen molar-refractivity contribution in [2.24, 2.45) is 0 Å². The molecule has 0 radical (unpaired) electrons. The predicted molar refractivity (Wildman–Crippen MR) is 61.5 cm³/mol. The molecule has 0 unspecified atom stereocenters. The van der Waals surface area contributed by atoms with E-state index >= 15 is 0 Å². The summed E-state index contributed by atoms with van der Waals surface area (Å²) in [5.41, 5.74) is 0.326. The Morgan fingerprint density at radius 1 is 1.50 bits per heavy atom. The van der Waals surface area contributed by atoms with Crippen LogP contribution in [0.2, 0.25) is 0 Å². The molecule has 1 amide bonds. The first-order chi connectivity index (χ1) is 7.30. The van der Waals surface area contributed by atoms with Crippen LogP contribution in [0.4, 0.5) is 0 Å². The molecule has 0 spiro atoms. The molecule has 2 N–H and O–H groups in total. The lowest BCUT2D eigenvalue weighted by atomic mass is 10.2. The van der Waals surface area contributed by atoms with Crippen molar-refractivity contribution in [2.75, 3.05) is 0 Å². The second-order valence-corrected chi connectivity index (χ2v) is 5.44. The molecule has 0 saturated heterocycles. The van der Waals surface area contributed by atoms with Crippen LogP contribution in [0.15, 0.2) is 27.6 Å². The molecule has 5 nitrogen and oxygen atoms in total.